The van der Waals surface area contributed by atoms with E-state index < -0.39 is 18.5 Å². The first kappa shape index (κ1) is 23.7. The Bertz CT molecular complexity index is 572. The van der Waals surface area contributed by atoms with Gasteiger partial charge in [-0.05, 0) is 12.5 Å². The summed E-state index contributed by atoms with van der Waals surface area (Å²) in [7, 11) is -3.50. The van der Waals surface area contributed by atoms with Crippen molar-refractivity contribution in [3.63, 3.8) is 0 Å². The zero-order valence-electron chi connectivity index (χ0n) is 14.5. The Balaban J connectivity index is 3.06. The van der Waals surface area contributed by atoms with E-state index in [2.05, 4.69) is 0 Å². The minimum atomic E-state index is -3.50. The summed E-state index contributed by atoms with van der Waals surface area (Å²) in [5.41, 5.74) is 0. The molecule has 1 aromatic heterocycles. The van der Waals surface area contributed by atoms with Crippen LogP contribution in [0.1, 0.15) is 19.1 Å². The molecule has 0 aliphatic rings. The van der Waals surface area contributed by atoms with Crippen molar-refractivity contribution in [2.75, 3.05) is 43.8 Å². The van der Waals surface area contributed by atoms with Gasteiger partial charge in [0.1, 0.15) is 17.3 Å². The maximum atomic E-state index is 13.8. The number of alkyl halides is 3. The summed E-state index contributed by atoms with van der Waals surface area (Å²) in [5, 5.41) is 10.7. The molecule has 0 aliphatic carbocycles. The third kappa shape index (κ3) is 6.68. The molecule has 12 heteroatoms. The second-order valence-electron chi connectivity index (χ2n) is 5.24. The largest absolute Gasteiger partial charge is 0.433 e. The molecule has 0 aliphatic heterocycles. The monoisotopic (exact) mass is 449 g/mol. The molecule has 1 atom stereocenters. The van der Waals surface area contributed by atoms with Crippen LogP contribution in [0.4, 0.5) is 5.88 Å². The Morgan fingerprint density at radius 3 is 2.08 bits per heavy atom. The molecular formula is C14H23Cl3N3O5P. The molecule has 0 radical (unpaired) electrons. The summed E-state index contributed by atoms with van der Waals surface area (Å²) in [6.07, 6.45) is 0.742. The molecule has 0 amide bonds. The third-order valence-corrected chi connectivity index (χ3v) is 6.63. The predicted molar refractivity (Wildman–Crippen MR) is 103 cm³/mol. The number of rotatable bonds is 14. The number of nitro groups is 1. The smallest absolute Gasteiger partial charge is 0.403 e. The number of hydrogen-bond acceptors (Lipinski definition) is 5. The van der Waals surface area contributed by atoms with Crippen molar-refractivity contribution in [3.8, 4) is 0 Å². The Morgan fingerprint density at radius 1 is 1.12 bits per heavy atom. The number of furan rings is 1. The number of halogens is 3. The van der Waals surface area contributed by atoms with Gasteiger partial charge in [-0.25, -0.2) is 9.34 Å². The SMILES string of the molecule is CCCN(CCCl)P(=O)(OCc1ccc([N+](=O)[O-])o1)N(CCCl)CCCl. The highest BCUT2D eigenvalue weighted by Crippen LogP contribution is 2.55. The molecule has 0 spiro atoms. The fraction of sp³-hybridized carbons (Fsp3) is 0.714. The van der Waals surface area contributed by atoms with Crippen LogP contribution in [0.25, 0.3) is 0 Å². The third-order valence-electron chi connectivity index (χ3n) is 3.43. The standard InChI is InChI=1S/C14H23Cl3N3O5P/c1-2-8-18(9-5-15)26(23,19(10-6-16)11-7-17)24-12-13-3-4-14(25-13)20(21)22/h3-4H,2,5-12H2,1H3. The molecule has 26 heavy (non-hydrogen) atoms. The zero-order valence-corrected chi connectivity index (χ0v) is 17.6. The molecule has 1 heterocycles. The van der Waals surface area contributed by atoms with Crippen LogP contribution in [0.15, 0.2) is 16.5 Å². The van der Waals surface area contributed by atoms with Gasteiger partial charge in [-0.15, -0.1) is 34.8 Å². The highest BCUT2D eigenvalue weighted by molar-refractivity contribution is 7.53. The van der Waals surface area contributed by atoms with Crippen LogP contribution in [-0.2, 0) is 15.7 Å². The molecule has 150 valence electrons. The number of nitrogens with zero attached hydrogens (tertiary/aromatic N) is 3. The quantitative estimate of drug-likeness (QED) is 0.178. The number of hydrogen-bond donors (Lipinski definition) is 0. The Morgan fingerprint density at radius 2 is 1.65 bits per heavy atom. The molecule has 0 saturated heterocycles. The van der Waals surface area contributed by atoms with Crippen molar-refractivity contribution in [2.24, 2.45) is 0 Å². The summed E-state index contributed by atoms with van der Waals surface area (Å²) >= 11 is 17.6. The van der Waals surface area contributed by atoms with Crippen LogP contribution in [-0.4, -0.2) is 58.1 Å². The van der Waals surface area contributed by atoms with E-state index >= 15 is 0 Å². The van der Waals surface area contributed by atoms with Gasteiger partial charge in [0.05, 0.1) is 6.07 Å². The Kier molecular flexibility index (Phi) is 11.1. The molecule has 8 nitrogen and oxygen atoms in total. The molecule has 0 bridgehead atoms. The fourth-order valence-corrected chi connectivity index (χ4v) is 5.77. The van der Waals surface area contributed by atoms with E-state index in [0.717, 1.165) is 6.42 Å². The first-order chi connectivity index (χ1) is 12.4. The first-order valence-corrected chi connectivity index (χ1v) is 11.2. The minimum absolute atomic E-state index is 0.186. The van der Waals surface area contributed by atoms with Gasteiger partial charge in [-0.1, -0.05) is 6.92 Å². The minimum Gasteiger partial charge on any atom is -0.403 e. The van der Waals surface area contributed by atoms with Crippen molar-refractivity contribution < 1.29 is 18.4 Å². The normalized spacial score (nSPS) is 14.1. The summed E-state index contributed by atoms with van der Waals surface area (Å²) in [4.78, 5) is 10.1. The predicted octanol–water partition coefficient (Wildman–Crippen LogP) is 4.54. The average Bonchev–Trinajstić information content (AvgIpc) is 3.09. The molecule has 0 fully saturated rings. The van der Waals surface area contributed by atoms with E-state index in [1.165, 1.54) is 12.1 Å². The lowest BCUT2D eigenvalue weighted by atomic mass is 10.5. The molecular weight excluding hydrogens is 428 g/mol. The summed E-state index contributed by atoms with van der Waals surface area (Å²) < 4.78 is 27.9. The van der Waals surface area contributed by atoms with Gasteiger partial charge in [-0.3, -0.25) is 19.2 Å². The molecule has 0 aromatic carbocycles. The van der Waals surface area contributed by atoms with Crippen molar-refractivity contribution >= 4 is 48.4 Å². The summed E-state index contributed by atoms with van der Waals surface area (Å²) in [6.45, 7) is 3.25. The van der Waals surface area contributed by atoms with Crippen LogP contribution in [0.3, 0.4) is 0 Å². The fourth-order valence-electron chi connectivity index (χ4n) is 2.31. The lowest BCUT2D eigenvalue weighted by molar-refractivity contribution is -0.402. The lowest BCUT2D eigenvalue weighted by Gasteiger charge is -2.37. The maximum Gasteiger partial charge on any atom is 0.433 e. The van der Waals surface area contributed by atoms with Gasteiger partial charge in [0.15, 0.2) is 0 Å². The molecule has 1 unspecified atom stereocenters. The van der Waals surface area contributed by atoms with Gasteiger partial charge < -0.3 is 4.42 Å². The van der Waals surface area contributed by atoms with E-state index in [-0.39, 0.29) is 30.0 Å². The van der Waals surface area contributed by atoms with E-state index in [1.807, 2.05) is 6.92 Å². The molecule has 0 N–H and O–H groups in total. The van der Waals surface area contributed by atoms with Crippen LogP contribution in [0, 0.1) is 10.1 Å². The van der Waals surface area contributed by atoms with E-state index in [9.17, 15) is 14.7 Å². The maximum absolute atomic E-state index is 13.8. The second kappa shape index (κ2) is 12.2. The van der Waals surface area contributed by atoms with Crippen LogP contribution < -0.4 is 0 Å². The van der Waals surface area contributed by atoms with Crippen molar-refractivity contribution in [1.29, 1.82) is 0 Å². The van der Waals surface area contributed by atoms with Crippen molar-refractivity contribution in [1.82, 2.24) is 9.34 Å². The van der Waals surface area contributed by atoms with E-state index in [1.54, 1.807) is 9.34 Å². The summed E-state index contributed by atoms with van der Waals surface area (Å²) in [5.74, 6) is 0.572. The van der Waals surface area contributed by atoms with E-state index in [4.69, 9.17) is 43.7 Å². The molecule has 1 rings (SSSR count). The van der Waals surface area contributed by atoms with E-state index in [0.29, 0.717) is 26.2 Å². The second-order valence-corrected chi connectivity index (χ2v) is 8.74. The van der Waals surface area contributed by atoms with Gasteiger partial charge in [0.25, 0.3) is 0 Å². The first-order valence-electron chi connectivity index (χ1n) is 8.09. The zero-order chi connectivity index (χ0) is 19.6. The Hall–Kier alpha value is -0.340. The topological polar surface area (TPSA) is 89.1 Å². The van der Waals surface area contributed by atoms with Crippen LogP contribution >= 0.6 is 42.5 Å². The van der Waals surface area contributed by atoms with Gasteiger partial charge >= 0.3 is 13.6 Å². The van der Waals surface area contributed by atoms with Gasteiger partial charge in [0, 0.05) is 43.8 Å². The van der Waals surface area contributed by atoms with Crippen LogP contribution in [0.5, 0.6) is 0 Å². The van der Waals surface area contributed by atoms with Crippen molar-refractivity contribution in [3.05, 3.63) is 28.0 Å². The Labute approximate surface area is 168 Å². The van der Waals surface area contributed by atoms with Gasteiger partial charge in [-0.2, -0.15) is 0 Å². The van der Waals surface area contributed by atoms with Crippen molar-refractivity contribution in [2.45, 2.75) is 20.0 Å². The summed E-state index contributed by atoms with van der Waals surface area (Å²) in [6, 6.07) is 2.64. The van der Waals surface area contributed by atoms with Gasteiger partial charge in [0.2, 0.25) is 0 Å². The molecule has 0 saturated carbocycles. The molecule has 1 aromatic rings. The average molecular weight is 451 g/mol. The lowest BCUT2D eigenvalue weighted by Crippen LogP contribution is -2.36. The highest BCUT2D eigenvalue weighted by atomic mass is 35.5. The van der Waals surface area contributed by atoms with Crippen LogP contribution in [0.2, 0.25) is 0 Å². The highest BCUT2D eigenvalue weighted by Gasteiger charge is 2.38.